The Morgan fingerprint density at radius 3 is 2.65 bits per heavy atom. The van der Waals surface area contributed by atoms with E-state index in [0.717, 1.165) is 0 Å². The van der Waals surface area contributed by atoms with E-state index in [1.165, 1.54) is 6.07 Å². The van der Waals surface area contributed by atoms with Crippen molar-refractivity contribution in [2.45, 2.75) is 26.4 Å². The maximum absolute atomic E-state index is 11.7. The number of aliphatic hydroxyl groups excluding tert-OH is 1. The average Bonchev–Trinajstić information content (AvgIpc) is 2.55. The van der Waals surface area contributed by atoms with Crippen LogP contribution in [0.15, 0.2) is 6.07 Å². The summed E-state index contributed by atoms with van der Waals surface area (Å²) in [5.41, 5.74) is 0.337. The van der Waals surface area contributed by atoms with Crippen LogP contribution in [0.25, 0.3) is 0 Å². The first-order valence-corrected chi connectivity index (χ1v) is 6.16. The maximum Gasteiger partial charge on any atom is 0.267 e. The smallest absolute Gasteiger partial charge is 0.267 e. The van der Waals surface area contributed by atoms with Crippen LogP contribution in [0, 0.1) is 5.92 Å². The number of hydrogen-bond acceptors (Lipinski definition) is 2. The number of halogens is 2. The minimum atomic E-state index is -0.365. The SMILES string of the molecule is CC(O)CC(C)CNC(=O)c1cc(Cl)c(Cl)[nH]1. The molecular formula is C11H16Cl2N2O2. The van der Waals surface area contributed by atoms with Crippen molar-refractivity contribution in [3.63, 3.8) is 0 Å². The van der Waals surface area contributed by atoms with E-state index in [1.54, 1.807) is 6.92 Å². The van der Waals surface area contributed by atoms with Crippen molar-refractivity contribution in [1.29, 1.82) is 0 Å². The summed E-state index contributed by atoms with van der Waals surface area (Å²) in [7, 11) is 0. The van der Waals surface area contributed by atoms with Gasteiger partial charge in [0.15, 0.2) is 0 Å². The summed E-state index contributed by atoms with van der Waals surface area (Å²) in [5, 5.41) is 12.5. The van der Waals surface area contributed by atoms with E-state index >= 15 is 0 Å². The van der Waals surface area contributed by atoms with Gasteiger partial charge in [-0.05, 0) is 25.3 Å². The molecule has 96 valence electrons. The van der Waals surface area contributed by atoms with E-state index in [9.17, 15) is 9.90 Å². The van der Waals surface area contributed by atoms with Crippen molar-refractivity contribution in [2.24, 2.45) is 5.92 Å². The first-order valence-electron chi connectivity index (χ1n) is 5.40. The van der Waals surface area contributed by atoms with Crippen molar-refractivity contribution in [3.05, 3.63) is 21.9 Å². The topological polar surface area (TPSA) is 65.1 Å². The summed E-state index contributed by atoms with van der Waals surface area (Å²) in [5.74, 6) is -0.0453. The summed E-state index contributed by atoms with van der Waals surface area (Å²) in [6.07, 6.45) is 0.281. The Hall–Kier alpha value is -0.710. The molecule has 17 heavy (non-hydrogen) atoms. The minimum Gasteiger partial charge on any atom is -0.393 e. The van der Waals surface area contributed by atoms with Crippen molar-refractivity contribution in [3.8, 4) is 0 Å². The van der Waals surface area contributed by atoms with Gasteiger partial charge in [0.1, 0.15) is 10.8 Å². The highest BCUT2D eigenvalue weighted by Crippen LogP contribution is 2.21. The molecule has 0 aliphatic carbocycles. The van der Waals surface area contributed by atoms with E-state index in [-0.39, 0.29) is 23.1 Å². The van der Waals surface area contributed by atoms with Gasteiger partial charge in [0.25, 0.3) is 5.91 Å². The molecular weight excluding hydrogens is 263 g/mol. The Kier molecular flexibility index (Phi) is 5.31. The largest absolute Gasteiger partial charge is 0.393 e. The Balaban J connectivity index is 2.45. The number of carbonyl (C=O) groups is 1. The van der Waals surface area contributed by atoms with Gasteiger partial charge in [-0.15, -0.1) is 0 Å². The first kappa shape index (κ1) is 14.4. The summed E-state index contributed by atoms with van der Waals surface area (Å²) in [4.78, 5) is 14.4. The molecule has 0 saturated heterocycles. The van der Waals surface area contributed by atoms with Crippen LogP contribution in [0.4, 0.5) is 0 Å². The summed E-state index contributed by atoms with van der Waals surface area (Å²) < 4.78 is 0. The van der Waals surface area contributed by atoms with E-state index in [2.05, 4.69) is 10.3 Å². The number of carbonyl (C=O) groups excluding carboxylic acids is 1. The molecule has 1 aromatic heterocycles. The van der Waals surface area contributed by atoms with E-state index in [0.29, 0.717) is 23.7 Å². The average molecular weight is 279 g/mol. The van der Waals surface area contributed by atoms with Crippen LogP contribution < -0.4 is 5.32 Å². The first-order chi connectivity index (χ1) is 7.90. The number of nitrogens with one attached hydrogen (secondary N) is 2. The summed E-state index contributed by atoms with van der Waals surface area (Å²) in [6, 6.07) is 1.48. The standard InChI is InChI=1S/C11H16Cl2N2O2/c1-6(3-7(2)16)5-14-11(17)9-4-8(12)10(13)15-9/h4,6-7,15-16H,3,5H2,1-2H3,(H,14,17). The van der Waals surface area contributed by atoms with Gasteiger partial charge in [0.05, 0.1) is 11.1 Å². The number of aromatic amines is 1. The number of amides is 1. The van der Waals surface area contributed by atoms with Gasteiger partial charge in [-0.3, -0.25) is 4.79 Å². The third-order valence-electron chi connectivity index (χ3n) is 2.32. The number of hydrogen-bond donors (Lipinski definition) is 3. The van der Waals surface area contributed by atoms with Crippen LogP contribution in [0.3, 0.4) is 0 Å². The van der Waals surface area contributed by atoms with Gasteiger partial charge >= 0.3 is 0 Å². The van der Waals surface area contributed by atoms with E-state index < -0.39 is 0 Å². The fourth-order valence-electron chi connectivity index (χ4n) is 1.55. The Morgan fingerprint density at radius 2 is 2.18 bits per heavy atom. The molecule has 2 atom stereocenters. The molecule has 1 rings (SSSR count). The monoisotopic (exact) mass is 278 g/mol. The number of aromatic nitrogens is 1. The van der Waals surface area contributed by atoms with E-state index in [1.807, 2.05) is 6.92 Å². The molecule has 0 aromatic carbocycles. The van der Waals surface area contributed by atoms with Crippen LogP contribution in [0.5, 0.6) is 0 Å². The maximum atomic E-state index is 11.7. The van der Waals surface area contributed by atoms with Crippen LogP contribution in [0.2, 0.25) is 10.2 Å². The van der Waals surface area contributed by atoms with Gasteiger partial charge in [0.2, 0.25) is 0 Å². The molecule has 0 saturated carbocycles. The highest BCUT2D eigenvalue weighted by atomic mass is 35.5. The van der Waals surface area contributed by atoms with Gasteiger partial charge < -0.3 is 15.4 Å². The molecule has 1 amide bonds. The Morgan fingerprint density at radius 1 is 1.53 bits per heavy atom. The normalized spacial score (nSPS) is 14.4. The number of H-pyrrole nitrogens is 1. The fourth-order valence-corrected chi connectivity index (χ4v) is 1.87. The molecule has 0 aliphatic rings. The predicted octanol–water partition coefficient (Wildman–Crippen LogP) is 2.46. The Labute approximate surface area is 110 Å². The van der Waals surface area contributed by atoms with Gasteiger partial charge in [-0.25, -0.2) is 0 Å². The molecule has 1 heterocycles. The predicted molar refractivity (Wildman–Crippen MR) is 68.6 cm³/mol. The second-order valence-electron chi connectivity index (χ2n) is 4.24. The third kappa shape index (κ3) is 4.58. The van der Waals surface area contributed by atoms with Crippen LogP contribution in [-0.2, 0) is 0 Å². The van der Waals surface area contributed by atoms with Gasteiger partial charge in [-0.1, -0.05) is 30.1 Å². The quantitative estimate of drug-likeness (QED) is 0.775. The molecule has 4 nitrogen and oxygen atoms in total. The lowest BCUT2D eigenvalue weighted by molar-refractivity contribution is 0.0935. The third-order valence-corrected chi connectivity index (χ3v) is 3.02. The molecule has 6 heteroatoms. The lowest BCUT2D eigenvalue weighted by Crippen LogP contribution is -2.29. The van der Waals surface area contributed by atoms with Crippen molar-refractivity contribution < 1.29 is 9.90 Å². The zero-order valence-electron chi connectivity index (χ0n) is 9.76. The molecule has 0 bridgehead atoms. The van der Waals surface area contributed by atoms with Gasteiger partial charge in [0, 0.05) is 6.54 Å². The second-order valence-corrected chi connectivity index (χ2v) is 5.03. The lowest BCUT2D eigenvalue weighted by Gasteiger charge is -2.13. The number of rotatable bonds is 5. The molecule has 0 spiro atoms. The molecule has 3 N–H and O–H groups in total. The lowest BCUT2D eigenvalue weighted by atomic mass is 10.0. The summed E-state index contributed by atoms with van der Waals surface area (Å²) in [6.45, 7) is 4.18. The van der Waals surface area contributed by atoms with Crippen molar-refractivity contribution in [1.82, 2.24) is 10.3 Å². The second kappa shape index (κ2) is 6.28. The molecule has 1 aromatic rings. The molecule has 0 aliphatic heterocycles. The highest BCUT2D eigenvalue weighted by molar-refractivity contribution is 6.41. The molecule has 0 radical (unpaired) electrons. The summed E-state index contributed by atoms with van der Waals surface area (Å²) >= 11 is 11.4. The van der Waals surface area contributed by atoms with Crippen LogP contribution in [-0.4, -0.2) is 28.6 Å². The molecule has 0 fully saturated rings. The zero-order valence-corrected chi connectivity index (χ0v) is 11.3. The minimum absolute atomic E-state index is 0.208. The number of aliphatic hydroxyl groups is 1. The Bertz CT molecular complexity index is 371. The highest BCUT2D eigenvalue weighted by Gasteiger charge is 2.13. The van der Waals surface area contributed by atoms with Crippen LogP contribution >= 0.6 is 23.2 Å². The molecule has 2 unspecified atom stereocenters. The van der Waals surface area contributed by atoms with Crippen LogP contribution in [0.1, 0.15) is 30.8 Å². The fraction of sp³-hybridized carbons (Fsp3) is 0.545. The van der Waals surface area contributed by atoms with Gasteiger partial charge in [-0.2, -0.15) is 0 Å². The van der Waals surface area contributed by atoms with E-state index in [4.69, 9.17) is 23.2 Å². The van der Waals surface area contributed by atoms with Crippen molar-refractivity contribution in [2.75, 3.05) is 6.54 Å². The van der Waals surface area contributed by atoms with Crippen molar-refractivity contribution >= 4 is 29.1 Å². The zero-order chi connectivity index (χ0) is 13.0.